The molecule has 0 radical (unpaired) electrons. The molecule has 1 aliphatic rings. The van der Waals surface area contributed by atoms with Crippen molar-refractivity contribution in [2.75, 3.05) is 31.1 Å². The molecule has 8 heteroatoms. The first-order chi connectivity index (χ1) is 17.4. The molecule has 0 unspecified atom stereocenters. The molecule has 0 bridgehead atoms. The smallest absolute Gasteiger partial charge is 0.369 e. The van der Waals surface area contributed by atoms with E-state index in [1.165, 1.54) is 16.8 Å². The molecule has 5 nitrogen and oxygen atoms in total. The Morgan fingerprint density at radius 3 is 2.03 bits per heavy atom. The molecule has 184 valence electrons. The Morgan fingerprint density at radius 1 is 0.750 bits per heavy atom. The van der Waals surface area contributed by atoms with Crippen molar-refractivity contribution in [2.45, 2.75) is 12.8 Å². The second-order valence-electron chi connectivity index (χ2n) is 8.77. The van der Waals surface area contributed by atoms with Gasteiger partial charge in [-0.15, -0.1) is 0 Å². The van der Waals surface area contributed by atoms with Crippen molar-refractivity contribution in [1.29, 1.82) is 0 Å². The van der Waals surface area contributed by atoms with E-state index in [2.05, 4.69) is 10.00 Å². The van der Waals surface area contributed by atoms with E-state index in [9.17, 15) is 18.0 Å². The summed E-state index contributed by atoms with van der Waals surface area (Å²) in [4.78, 5) is 17.4. The molecule has 0 spiro atoms. The summed E-state index contributed by atoms with van der Waals surface area (Å²) in [6, 6.07) is 26.5. The van der Waals surface area contributed by atoms with Gasteiger partial charge in [-0.2, -0.15) is 18.3 Å². The van der Waals surface area contributed by atoms with Gasteiger partial charge in [-0.3, -0.25) is 9.69 Å². The molecule has 4 aromatic rings. The summed E-state index contributed by atoms with van der Waals surface area (Å²) in [5.41, 5.74) is 2.74. The SMILES string of the molecule is O=c1c(-c2ccccc2)cc(-c2ccccc2)nn1CN1CCN(c2cccc(C(F)(F)F)c2)CC1. The number of nitrogens with zero attached hydrogens (tertiary/aromatic N) is 4. The van der Waals surface area contributed by atoms with Gasteiger partial charge in [0.25, 0.3) is 5.56 Å². The predicted molar refractivity (Wildman–Crippen MR) is 135 cm³/mol. The Bertz CT molecular complexity index is 1380. The first kappa shape index (κ1) is 23.8. The van der Waals surface area contributed by atoms with E-state index >= 15 is 0 Å². The normalized spacial score (nSPS) is 14.7. The van der Waals surface area contributed by atoms with Crippen LogP contribution in [0.4, 0.5) is 18.9 Å². The monoisotopic (exact) mass is 490 g/mol. The van der Waals surface area contributed by atoms with E-state index < -0.39 is 11.7 Å². The van der Waals surface area contributed by atoms with E-state index in [1.807, 2.05) is 71.6 Å². The van der Waals surface area contributed by atoms with E-state index in [4.69, 9.17) is 0 Å². The maximum atomic E-state index is 13.4. The fraction of sp³-hybridized carbons (Fsp3) is 0.214. The molecule has 0 amide bonds. The Labute approximate surface area is 207 Å². The predicted octanol–water partition coefficient (Wildman–Crippen LogP) is 5.38. The van der Waals surface area contributed by atoms with Crippen molar-refractivity contribution in [3.63, 3.8) is 0 Å². The average molecular weight is 491 g/mol. The van der Waals surface area contributed by atoms with Crippen LogP contribution in [-0.4, -0.2) is 40.9 Å². The van der Waals surface area contributed by atoms with Crippen LogP contribution < -0.4 is 10.5 Å². The molecule has 0 aliphatic carbocycles. The van der Waals surface area contributed by atoms with Gasteiger partial charge in [0.15, 0.2) is 0 Å². The van der Waals surface area contributed by atoms with Crippen molar-refractivity contribution >= 4 is 5.69 Å². The maximum absolute atomic E-state index is 13.4. The number of anilines is 1. The third-order valence-electron chi connectivity index (χ3n) is 6.37. The quantitative estimate of drug-likeness (QED) is 0.377. The van der Waals surface area contributed by atoms with E-state index in [0.29, 0.717) is 49.8 Å². The molecule has 3 aromatic carbocycles. The summed E-state index contributed by atoms with van der Waals surface area (Å²) in [5.74, 6) is 0. The summed E-state index contributed by atoms with van der Waals surface area (Å²) < 4.78 is 40.9. The molecule has 36 heavy (non-hydrogen) atoms. The van der Waals surface area contributed by atoms with Crippen LogP contribution in [-0.2, 0) is 12.8 Å². The second-order valence-corrected chi connectivity index (χ2v) is 8.77. The summed E-state index contributed by atoms with van der Waals surface area (Å²) >= 11 is 0. The van der Waals surface area contributed by atoms with Gasteiger partial charge in [-0.05, 0) is 29.8 Å². The lowest BCUT2D eigenvalue weighted by Gasteiger charge is -2.36. The molecular weight excluding hydrogens is 465 g/mol. The van der Waals surface area contributed by atoms with Gasteiger partial charge in [0.2, 0.25) is 0 Å². The number of alkyl halides is 3. The lowest BCUT2D eigenvalue weighted by atomic mass is 10.0. The standard InChI is InChI=1S/C28H25F3N4O/c29-28(30,31)23-12-7-13-24(18-23)34-16-14-33(15-17-34)20-35-27(36)25(21-8-3-1-4-9-21)19-26(32-35)22-10-5-2-6-11-22/h1-13,18-19H,14-17,20H2. The number of aromatic nitrogens is 2. The van der Waals surface area contributed by atoms with Gasteiger partial charge >= 0.3 is 6.18 Å². The highest BCUT2D eigenvalue weighted by molar-refractivity contribution is 5.69. The van der Waals surface area contributed by atoms with Gasteiger partial charge < -0.3 is 4.90 Å². The Morgan fingerprint density at radius 2 is 1.39 bits per heavy atom. The van der Waals surface area contributed by atoms with Gasteiger partial charge in [0.1, 0.15) is 0 Å². The van der Waals surface area contributed by atoms with Gasteiger partial charge in [0.05, 0.1) is 23.5 Å². The molecule has 0 saturated carbocycles. The number of hydrogen-bond acceptors (Lipinski definition) is 4. The first-order valence-electron chi connectivity index (χ1n) is 11.8. The van der Waals surface area contributed by atoms with E-state index in [-0.39, 0.29) is 5.56 Å². The molecule has 0 atom stereocenters. The van der Waals surface area contributed by atoms with Crippen LogP contribution in [0, 0.1) is 0 Å². The van der Waals surface area contributed by atoms with Crippen LogP contribution in [0.1, 0.15) is 5.56 Å². The van der Waals surface area contributed by atoms with Crippen LogP contribution in [0.5, 0.6) is 0 Å². The zero-order valence-electron chi connectivity index (χ0n) is 19.5. The third-order valence-corrected chi connectivity index (χ3v) is 6.37. The van der Waals surface area contributed by atoms with Gasteiger partial charge in [-0.25, -0.2) is 4.68 Å². The molecule has 2 heterocycles. The number of hydrogen-bond donors (Lipinski definition) is 0. The van der Waals surface area contributed by atoms with Crippen molar-refractivity contribution in [2.24, 2.45) is 0 Å². The molecule has 1 saturated heterocycles. The minimum atomic E-state index is -4.37. The molecule has 1 aliphatic heterocycles. The zero-order valence-corrected chi connectivity index (χ0v) is 19.5. The summed E-state index contributed by atoms with van der Waals surface area (Å²) in [7, 11) is 0. The highest BCUT2D eigenvalue weighted by Crippen LogP contribution is 2.32. The lowest BCUT2D eigenvalue weighted by molar-refractivity contribution is -0.137. The van der Waals surface area contributed by atoms with Crippen LogP contribution in [0.15, 0.2) is 95.8 Å². The number of rotatable bonds is 5. The Kier molecular flexibility index (Phi) is 6.61. The zero-order chi connectivity index (χ0) is 25.1. The summed E-state index contributed by atoms with van der Waals surface area (Å²) in [6.07, 6.45) is -4.37. The number of piperazine rings is 1. The molecular formula is C28H25F3N4O. The molecule has 1 aromatic heterocycles. The highest BCUT2D eigenvalue weighted by atomic mass is 19.4. The minimum Gasteiger partial charge on any atom is -0.369 e. The van der Waals surface area contributed by atoms with Crippen molar-refractivity contribution in [3.05, 3.63) is 107 Å². The number of halogens is 3. The fourth-order valence-corrected chi connectivity index (χ4v) is 4.43. The third kappa shape index (κ3) is 5.18. The molecule has 0 N–H and O–H groups in total. The first-order valence-corrected chi connectivity index (χ1v) is 11.8. The lowest BCUT2D eigenvalue weighted by Crippen LogP contribution is -2.48. The van der Waals surface area contributed by atoms with Gasteiger partial charge in [-0.1, -0.05) is 66.7 Å². The van der Waals surface area contributed by atoms with Crippen LogP contribution in [0.3, 0.4) is 0 Å². The van der Waals surface area contributed by atoms with Crippen molar-refractivity contribution in [3.8, 4) is 22.4 Å². The largest absolute Gasteiger partial charge is 0.416 e. The topological polar surface area (TPSA) is 41.4 Å². The average Bonchev–Trinajstić information content (AvgIpc) is 2.91. The summed E-state index contributed by atoms with van der Waals surface area (Å²) in [5, 5.41) is 4.66. The van der Waals surface area contributed by atoms with Crippen molar-refractivity contribution in [1.82, 2.24) is 14.7 Å². The van der Waals surface area contributed by atoms with Crippen LogP contribution >= 0.6 is 0 Å². The maximum Gasteiger partial charge on any atom is 0.416 e. The minimum absolute atomic E-state index is 0.179. The van der Waals surface area contributed by atoms with E-state index in [1.54, 1.807) is 6.07 Å². The van der Waals surface area contributed by atoms with E-state index in [0.717, 1.165) is 17.2 Å². The second kappa shape index (κ2) is 9.99. The van der Waals surface area contributed by atoms with Gasteiger partial charge in [0, 0.05) is 37.4 Å². The van der Waals surface area contributed by atoms with Crippen LogP contribution in [0.25, 0.3) is 22.4 Å². The Hall–Kier alpha value is -3.91. The highest BCUT2D eigenvalue weighted by Gasteiger charge is 2.31. The molecule has 5 rings (SSSR count). The number of benzene rings is 3. The van der Waals surface area contributed by atoms with Crippen LogP contribution in [0.2, 0.25) is 0 Å². The van der Waals surface area contributed by atoms with Crippen molar-refractivity contribution < 1.29 is 13.2 Å². The summed E-state index contributed by atoms with van der Waals surface area (Å²) in [6.45, 7) is 2.61. The fourth-order valence-electron chi connectivity index (χ4n) is 4.43. The Balaban J connectivity index is 1.38. The molecule has 1 fully saturated rings.